The minimum atomic E-state index is -0.432. The Kier molecular flexibility index (Phi) is 8.19. The monoisotopic (exact) mass is 433 g/mol. The van der Waals surface area contributed by atoms with Gasteiger partial charge in [0.1, 0.15) is 5.82 Å². The van der Waals surface area contributed by atoms with E-state index in [-0.39, 0.29) is 29.0 Å². The van der Waals surface area contributed by atoms with Gasteiger partial charge in [-0.15, -0.1) is 24.0 Å². The second kappa shape index (κ2) is 9.63. The van der Waals surface area contributed by atoms with Gasteiger partial charge in [-0.2, -0.15) is 0 Å². The Hall–Kier alpha value is -1.34. The Balaban J connectivity index is 0.00000242. The Morgan fingerprint density at radius 1 is 1.14 bits per heavy atom. The first-order chi connectivity index (χ1) is 10.1. The molecular formula is C16H18ClFIN3. The van der Waals surface area contributed by atoms with Crippen LogP contribution in [0.3, 0.4) is 0 Å². The number of rotatable bonds is 5. The van der Waals surface area contributed by atoms with Crippen LogP contribution in [-0.4, -0.2) is 12.5 Å². The lowest BCUT2D eigenvalue weighted by atomic mass is 10.1. The highest BCUT2D eigenvalue weighted by Gasteiger charge is 2.00. The molecule has 3 nitrogen and oxygen atoms in total. The number of benzene rings is 2. The number of hydrogen-bond donors (Lipinski definition) is 2. The molecule has 0 unspecified atom stereocenters. The van der Waals surface area contributed by atoms with Gasteiger partial charge in [-0.25, -0.2) is 9.38 Å². The van der Waals surface area contributed by atoms with Crippen LogP contribution in [0.25, 0.3) is 0 Å². The van der Waals surface area contributed by atoms with Crippen LogP contribution in [0.2, 0.25) is 5.02 Å². The maximum absolute atomic E-state index is 13.0. The van der Waals surface area contributed by atoms with Gasteiger partial charge in [0.05, 0.1) is 11.6 Å². The molecule has 0 fully saturated rings. The largest absolute Gasteiger partial charge is 0.370 e. The normalized spacial score (nSPS) is 10.9. The van der Waals surface area contributed by atoms with Crippen LogP contribution in [0.1, 0.15) is 11.1 Å². The molecule has 0 atom stereocenters. The van der Waals surface area contributed by atoms with Gasteiger partial charge in [0.2, 0.25) is 0 Å². The maximum Gasteiger partial charge on any atom is 0.188 e. The topological polar surface area (TPSA) is 50.4 Å². The van der Waals surface area contributed by atoms with E-state index in [2.05, 4.69) is 22.4 Å². The van der Waals surface area contributed by atoms with Crippen molar-refractivity contribution in [3.8, 4) is 0 Å². The third kappa shape index (κ3) is 6.19. The predicted molar refractivity (Wildman–Crippen MR) is 100 cm³/mol. The van der Waals surface area contributed by atoms with Crippen LogP contribution in [0, 0.1) is 5.82 Å². The Labute approximate surface area is 151 Å². The lowest BCUT2D eigenvalue weighted by Gasteiger charge is -2.06. The first-order valence-corrected chi connectivity index (χ1v) is 7.04. The molecule has 0 amide bonds. The molecule has 0 aliphatic heterocycles. The van der Waals surface area contributed by atoms with Gasteiger partial charge in [0.25, 0.3) is 0 Å². The molecule has 2 aromatic rings. The fourth-order valence-electron chi connectivity index (χ4n) is 1.85. The van der Waals surface area contributed by atoms with Crippen LogP contribution in [0.15, 0.2) is 53.5 Å². The number of nitrogens with zero attached hydrogens (tertiary/aromatic N) is 1. The summed E-state index contributed by atoms with van der Waals surface area (Å²) in [7, 11) is 0. The van der Waals surface area contributed by atoms with E-state index >= 15 is 0 Å². The molecule has 22 heavy (non-hydrogen) atoms. The number of nitrogens with one attached hydrogen (secondary N) is 1. The smallest absolute Gasteiger partial charge is 0.188 e. The molecular weight excluding hydrogens is 416 g/mol. The van der Waals surface area contributed by atoms with E-state index in [0.717, 1.165) is 12.0 Å². The number of hydrogen-bond acceptors (Lipinski definition) is 1. The number of guanidine groups is 1. The summed E-state index contributed by atoms with van der Waals surface area (Å²) in [5.41, 5.74) is 7.84. The summed E-state index contributed by atoms with van der Waals surface area (Å²) in [4.78, 5) is 4.20. The lowest BCUT2D eigenvalue weighted by Crippen LogP contribution is -2.33. The van der Waals surface area contributed by atoms with Crippen LogP contribution < -0.4 is 11.1 Å². The van der Waals surface area contributed by atoms with Gasteiger partial charge < -0.3 is 11.1 Å². The van der Waals surface area contributed by atoms with E-state index in [9.17, 15) is 4.39 Å². The number of aliphatic imine (C=N–C) groups is 1. The van der Waals surface area contributed by atoms with E-state index < -0.39 is 5.82 Å². The SMILES string of the molecule is I.NC(=NCc1ccc(F)c(Cl)c1)NCCc1ccccc1. The van der Waals surface area contributed by atoms with Crippen molar-refractivity contribution in [2.45, 2.75) is 13.0 Å². The molecule has 118 valence electrons. The van der Waals surface area contributed by atoms with E-state index in [1.807, 2.05) is 18.2 Å². The zero-order valence-electron chi connectivity index (χ0n) is 11.9. The quantitative estimate of drug-likeness (QED) is 0.429. The van der Waals surface area contributed by atoms with E-state index in [1.165, 1.54) is 11.6 Å². The minimum absolute atomic E-state index is 0. The van der Waals surface area contributed by atoms with Gasteiger partial charge in [-0.3, -0.25) is 0 Å². The molecule has 2 rings (SSSR count). The summed E-state index contributed by atoms with van der Waals surface area (Å²) in [6.45, 7) is 1.08. The van der Waals surface area contributed by atoms with E-state index in [4.69, 9.17) is 17.3 Å². The summed E-state index contributed by atoms with van der Waals surface area (Å²) in [6, 6.07) is 14.6. The Bertz CT molecular complexity index is 620. The molecule has 3 N–H and O–H groups in total. The summed E-state index contributed by atoms with van der Waals surface area (Å²) < 4.78 is 13.0. The molecule has 2 aromatic carbocycles. The Morgan fingerprint density at radius 3 is 2.55 bits per heavy atom. The predicted octanol–water partition coefficient (Wildman–Crippen LogP) is 3.74. The van der Waals surface area contributed by atoms with Crippen molar-refractivity contribution >= 4 is 41.5 Å². The Morgan fingerprint density at radius 2 is 1.86 bits per heavy atom. The average molecular weight is 434 g/mol. The van der Waals surface area contributed by atoms with Gasteiger partial charge >= 0.3 is 0 Å². The molecule has 0 bridgehead atoms. The highest BCUT2D eigenvalue weighted by atomic mass is 127. The fourth-order valence-corrected chi connectivity index (χ4v) is 2.05. The first kappa shape index (κ1) is 18.7. The van der Waals surface area contributed by atoms with Gasteiger partial charge in [0.15, 0.2) is 5.96 Å². The molecule has 0 radical (unpaired) electrons. The lowest BCUT2D eigenvalue weighted by molar-refractivity contribution is 0.627. The molecule has 0 spiro atoms. The number of halogens is 3. The summed E-state index contributed by atoms with van der Waals surface area (Å²) >= 11 is 5.71. The van der Waals surface area contributed by atoms with E-state index in [0.29, 0.717) is 19.0 Å². The molecule has 0 saturated carbocycles. The molecule has 0 saturated heterocycles. The standard InChI is InChI=1S/C16H17ClFN3.HI/c17-14-10-13(6-7-15(14)18)11-21-16(19)20-9-8-12-4-2-1-3-5-12;/h1-7,10H,8-9,11H2,(H3,19,20,21);1H. The van der Waals surface area contributed by atoms with Crippen LogP contribution in [0.4, 0.5) is 4.39 Å². The third-order valence-electron chi connectivity index (χ3n) is 2.98. The van der Waals surface area contributed by atoms with Crippen LogP contribution in [0.5, 0.6) is 0 Å². The summed E-state index contributed by atoms with van der Waals surface area (Å²) in [5.74, 6) is -0.0651. The molecule has 6 heteroatoms. The van der Waals surface area contributed by atoms with Crippen molar-refractivity contribution in [2.24, 2.45) is 10.7 Å². The second-order valence-electron chi connectivity index (χ2n) is 4.61. The number of nitrogens with two attached hydrogens (primary N) is 1. The van der Waals surface area contributed by atoms with Crippen molar-refractivity contribution in [1.29, 1.82) is 0 Å². The summed E-state index contributed by atoms with van der Waals surface area (Å²) in [6.07, 6.45) is 0.874. The van der Waals surface area contributed by atoms with Crippen molar-refractivity contribution in [1.82, 2.24) is 5.32 Å². The molecule has 0 aliphatic carbocycles. The zero-order chi connectivity index (χ0) is 15.1. The van der Waals surface area contributed by atoms with E-state index in [1.54, 1.807) is 12.1 Å². The van der Waals surface area contributed by atoms with Crippen molar-refractivity contribution in [2.75, 3.05) is 6.54 Å². The van der Waals surface area contributed by atoms with Gasteiger partial charge in [0, 0.05) is 6.54 Å². The minimum Gasteiger partial charge on any atom is -0.370 e. The first-order valence-electron chi connectivity index (χ1n) is 6.67. The van der Waals surface area contributed by atoms with Crippen LogP contribution >= 0.6 is 35.6 Å². The third-order valence-corrected chi connectivity index (χ3v) is 3.27. The maximum atomic E-state index is 13.0. The second-order valence-corrected chi connectivity index (χ2v) is 5.02. The van der Waals surface area contributed by atoms with Crippen molar-refractivity contribution in [3.05, 3.63) is 70.5 Å². The fraction of sp³-hybridized carbons (Fsp3) is 0.188. The average Bonchev–Trinajstić information content (AvgIpc) is 2.49. The molecule has 0 heterocycles. The van der Waals surface area contributed by atoms with Crippen molar-refractivity contribution in [3.63, 3.8) is 0 Å². The highest BCUT2D eigenvalue weighted by molar-refractivity contribution is 14.0. The summed E-state index contributed by atoms with van der Waals surface area (Å²) in [5, 5.41) is 3.14. The van der Waals surface area contributed by atoms with Crippen LogP contribution in [-0.2, 0) is 13.0 Å². The molecule has 0 aromatic heterocycles. The van der Waals surface area contributed by atoms with Gasteiger partial charge in [-0.05, 0) is 29.7 Å². The van der Waals surface area contributed by atoms with Gasteiger partial charge in [-0.1, -0.05) is 48.0 Å². The molecule has 0 aliphatic rings. The van der Waals surface area contributed by atoms with Crippen molar-refractivity contribution < 1.29 is 4.39 Å². The highest BCUT2D eigenvalue weighted by Crippen LogP contribution is 2.16. The zero-order valence-corrected chi connectivity index (χ0v) is 15.0.